The second kappa shape index (κ2) is 9.69. The normalized spacial score (nSPS) is 18.3. The summed E-state index contributed by atoms with van der Waals surface area (Å²) in [6.45, 7) is 3.93. The van der Waals surface area contributed by atoms with Gasteiger partial charge in [-0.2, -0.15) is 0 Å². The molecule has 0 bridgehead atoms. The molecule has 0 radical (unpaired) electrons. The quantitative estimate of drug-likeness (QED) is 0.377. The van der Waals surface area contributed by atoms with E-state index in [1.807, 2.05) is 50.2 Å². The summed E-state index contributed by atoms with van der Waals surface area (Å²) in [7, 11) is -3.11. The molecule has 1 aliphatic rings. The van der Waals surface area contributed by atoms with Gasteiger partial charge in [0.05, 0.1) is 33.8 Å². The first kappa shape index (κ1) is 23.5. The summed E-state index contributed by atoms with van der Waals surface area (Å²) in [4.78, 5) is 33.0. The van der Waals surface area contributed by atoms with Gasteiger partial charge in [0.25, 0.3) is 5.56 Å². The fraction of sp³-hybridized carbons (Fsp3) is 0.375. The van der Waals surface area contributed by atoms with Crippen LogP contribution in [0.5, 0.6) is 0 Å². The molecule has 4 rings (SSSR count). The highest BCUT2D eigenvalue weighted by atomic mass is 32.2. The number of hydrogen-bond acceptors (Lipinski definition) is 6. The Labute approximate surface area is 197 Å². The number of sulfone groups is 1. The second-order valence-corrected chi connectivity index (χ2v) is 11.5. The van der Waals surface area contributed by atoms with Gasteiger partial charge in [-0.05, 0) is 44.0 Å². The van der Waals surface area contributed by atoms with Crippen molar-refractivity contribution in [1.82, 2.24) is 14.5 Å². The Morgan fingerprint density at radius 3 is 2.55 bits per heavy atom. The van der Waals surface area contributed by atoms with Gasteiger partial charge < -0.3 is 4.90 Å². The van der Waals surface area contributed by atoms with E-state index in [2.05, 4.69) is 4.98 Å². The number of amides is 1. The predicted molar refractivity (Wildman–Crippen MR) is 132 cm³/mol. The molecule has 0 aliphatic carbocycles. The molecule has 2 heterocycles. The monoisotopic (exact) mass is 485 g/mol. The first-order valence-corrected chi connectivity index (χ1v) is 13.8. The van der Waals surface area contributed by atoms with E-state index in [1.165, 1.54) is 16.3 Å². The van der Waals surface area contributed by atoms with Crippen LogP contribution in [-0.2, 0) is 14.6 Å². The lowest BCUT2D eigenvalue weighted by Gasteiger charge is -2.33. The van der Waals surface area contributed by atoms with E-state index in [0.29, 0.717) is 28.2 Å². The SMILES string of the molecule is CC[C@@H](C)N(C(=O)CSc1nc2ccccc2c(=O)n1-c1ccccc1)[C@H]1CCS(=O)(=O)C1. The van der Waals surface area contributed by atoms with Crippen molar-refractivity contribution in [2.45, 2.75) is 43.9 Å². The molecule has 9 heteroatoms. The highest BCUT2D eigenvalue weighted by Gasteiger charge is 2.36. The summed E-state index contributed by atoms with van der Waals surface area (Å²) in [5.74, 6) is 0.0541. The Balaban J connectivity index is 1.67. The summed E-state index contributed by atoms with van der Waals surface area (Å²) < 4.78 is 25.6. The zero-order chi connectivity index (χ0) is 23.6. The molecule has 0 unspecified atom stereocenters. The lowest BCUT2D eigenvalue weighted by Crippen LogP contribution is -2.47. The minimum atomic E-state index is -3.11. The van der Waals surface area contributed by atoms with Crippen LogP contribution in [0.1, 0.15) is 26.7 Å². The van der Waals surface area contributed by atoms with Gasteiger partial charge in [0, 0.05) is 12.1 Å². The number of benzene rings is 2. The molecular weight excluding hydrogens is 458 g/mol. The van der Waals surface area contributed by atoms with Crippen LogP contribution in [0.2, 0.25) is 0 Å². The Morgan fingerprint density at radius 2 is 1.88 bits per heavy atom. The smallest absolute Gasteiger partial charge is 0.266 e. The van der Waals surface area contributed by atoms with E-state index in [4.69, 9.17) is 0 Å². The van der Waals surface area contributed by atoms with Crippen LogP contribution in [0.4, 0.5) is 0 Å². The van der Waals surface area contributed by atoms with E-state index in [-0.39, 0.29) is 40.8 Å². The van der Waals surface area contributed by atoms with Crippen LogP contribution in [0, 0.1) is 0 Å². The summed E-state index contributed by atoms with van der Waals surface area (Å²) in [6.07, 6.45) is 1.20. The lowest BCUT2D eigenvalue weighted by molar-refractivity contribution is -0.132. The molecular formula is C24H27N3O4S2. The van der Waals surface area contributed by atoms with Crippen molar-refractivity contribution in [3.05, 3.63) is 65.0 Å². The molecule has 2 aromatic carbocycles. The highest BCUT2D eigenvalue weighted by Crippen LogP contribution is 2.25. The number of carbonyl (C=O) groups is 1. The van der Waals surface area contributed by atoms with Crippen LogP contribution in [0.3, 0.4) is 0 Å². The topological polar surface area (TPSA) is 89.3 Å². The van der Waals surface area contributed by atoms with Crippen molar-refractivity contribution in [3.63, 3.8) is 0 Å². The summed E-state index contributed by atoms with van der Waals surface area (Å²) >= 11 is 1.21. The average molecular weight is 486 g/mol. The molecule has 1 aliphatic heterocycles. The molecule has 3 aromatic rings. The van der Waals surface area contributed by atoms with Crippen LogP contribution in [0.15, 0.2) is 64.5 Å². The maximum Gasteiger partial charge on any atom is 0.266 e. The van der Waals surface area contributed by atoms with E-state index in [0.717, 1.165) is 6.42 Å². The minimum absolute atomic E-state index is 0.0106. The molecule has 1 fully saturated rings. The maximum atomic E-state index is 13.3. The number of para-hydroxylation sites is 2. The number of thioether (sulfide) groups is 1. The molecule has 33 heavy (non-hydrogen) atoms. The molecule has 0 saturated carbocycles. The van der Waals surface area contributed by atoms with Crippen LogP contribution >= 0.6 is 11.8 Å². The third kappa shape index (κ3) is 4.99. The van der Waals surface area contributed by atoms with Gasteiger partial charge in [0.2, 0.25) is 5.91 Å². The second-order valence-electron chi connectivity index (χ2n) is 8.29. The van der Waals surface area contributed by atoms with Crippen LogP contribution in [0.25, 0.3) is 16.6 Å². The number of carbonyl (C=O) groups excluding carboxylic acids is 1. The molecule has 174 valence electrons. The van der Waals surface area contributed by atoms with Gasteiger partial charge in [-0.25, -0.2) is 13.4 Å². The number of fused-ring (bicyclic) bond motifs is 1. The maximum absolute atomic E-state index is 13.3. The number of aromatic nitrogens is 2. The fourth-order valence-electron chi connectivity index (χ4n) is 4.22. The van der Waals surface area contributed by atoms with Gasteiger partial charge in [-0.15, -0.1) is 0 Å². The van der Waals surface area contributed by atoms with Gasteiger partial charge in [-0.1, -0.05) is 49.0 Å². The van der Waals surface area contributed by atoms with Gasteiger partial charge in [-0.3, -0.25) is 14.2 Å². The molecule has 1 aromatic heterocycles. The third-order valence-electron chi connectivity index (χ3n) is 6.04. The summed E-state index contributed by atoms with van der Waals surface area (Å²) in [6, 6.07) is 16.0. The number of rotatable bonds is 7. The van der Waals surface area contributed by atoms with Crippen molar-refractivity contribution in [3.8, 4) is 5.69 Å². The molecule has 1 amide bonds. The lowest BCUT2D eigenvalue weighted by atomic mass is 10.1. The molecule has 0 N–H and O–H groups in total. The van der Waals surface area contributed by atoms with Gasteiger partial charge in [0.1, 0.15) is 0 Å². The predicted octanol–water partition coefficient (Wildman–Crippen LogP) is 3.29. The summed E-state index contributed by atoms with van der Waals surface area (Å²) in [5.41, 5.74) is 1.06. The standard InChI is InChI=1S/C24H27N3O4S2/c1-3-17(2)26(19-13-14-33(30,31)16-19)22(28)15-32-24-25-21-12-8-7-11-20(21)23(29)27(24)18-9-5-4-6-10-18/h4-12,17,19H,3,13-16H2,1-2H3/t17-,19+/m1/s1. The largest absolute Gasteiger partial charge is 0.335 e. The Morgan fingerprint density at radius 1 is 1.18 bits per heavy atom. The van der Waals surface area contributed by atoms with E-state index >= 15 is 0 Å². The Bertz CT molecular complexity index is 1320. The van der Waals surface area contributed by atoms with Crippen molar-refractivity contribution in [1.29, 1.82) is 0 Å². The minimum Gasteiger partial charge on any atom is -0.335 e. The van der Waals surface area contributed by atoms with E-state index in [9.17, 15) is 18.0 Å². The zero-order valence-corrected chi connectivity index (χ0v) is 20.3. The van der Waals surface area contributed by atoms with Crippen molar-refractivity contribution >= 4 is 38.4 Å². The fourth-order valence-corrected chi connectivity index (χ4v) is 6.81. The van der Waals surface area contributed by atoms with Crippen LogP contribution in [-0.4, -0.2) is 58.1 Å². The van der Waals surface area contributed by atoms with Crippen molar-refractivity contribution in [2.75, 3.05) is 17.3 Å². The molecule has 0 spiro atoms. The third-order valence-corrected chi connectivity index (χ3v) is 8.71. The van der Waals surface area contributed by atoms with E-state index in [1.54, 1.807) is 23.1 Å². The first-order chi connectivity index (χ1) is 15.8. The van der Waals surface area contributed by atoms with Gasteiger partial charge in [0.15, 0.2) is 15.0 Å². The zero-order valence-electron chi connectivity index (χ0n) is 18.7. The Hall–Kier alpha value is -2.65. The molecule has 2 atom stereocenters. The summed E-state index contributed by atoms with van der Waals surface area (Å²) in [5, 5.41) is 0.941. The number of nitrogens with zero attached hydrogens (tertiary/aromatic N) is 3. The molecule has 1 saturated heterocycles. The average Bonchev–Trinajstić information content (AvgIpc) is 3.17. The first-order valence-electron chi connectivity index (χ1n) is 11.0. The van der Waals surface area contributed by atoms with Gasteiger partial charge >= 0.3 is 0 Å². The van der Waals surface area contributed by atoms with Crippen LogP contribution < -0.4 is 5.56 Å². The van der Waals surface area contributed by atoms with Crippen molar-refractivity contribution < 1.29 is 13.2 Å². The highest BCUT2D eigenvalue weighted by molar-refractivity contribution is 7.99. The molecule has 7 nitrogen and oxygen atoms in total. The Kier molecular flexibility index (Phi) is 6.90. The van der Waals surface area contributed by atoms with Crippen molar-refractivity contribution in [2.24, 2.45) is 0 Å². The van der Waals surface area contributed by atoms with E-state index < -0.39 is 9.84 Å². The number of hydrogen-bond donors (Lipinski definition) is 0.